The van der Waals surface area contributed by atoms with Gasteiger partial charge < -0.3 is 14.7 Å². The van der Waals surface area contributed by atoms with Crippen LogP contribution in [-0.2, 0) is 9.53 Å². The third kappa shape index (κ3) is 1.68. The lowest BCUT2D eigenvalue weighted by Gasteiger charge is -2.11. The van der Waals surface area contributed by atoms with Crippen molar-refractivity contribution in [2.24, 2.45) is 5.41 Å². The Kier molecular flexibility index (Phi) is 2.35. The maximum atomic E-state index is 12.4. The van der Waals surface area contributed by atoms with Gasteiger partial charge in [0.15, 0.2) is 5.78 Å². The molecule has 1 aliphatic carbocycles. The molecule has 2 N–H and O–H groups in total. The largest absolute Gasteiger partial charge is 0.468 e. The number of carbonyl (C=O) groups is 2. The summed E-state index contributed by atoms with van der Waals surface area (Å²) in [5.74, 6) is -0.733. The molecule has 0 bridgehead atoms. The Morgan fingerprint density at radius 2 is 1.89 bits per heavy atom. The van der Waals surface area contributed by atoms with Gasteiger partial charge in [-0.25, -0.2) is 4.79 Å². The molecule has 3 rings (SSSR count). The number of imidazole rings is 1. The second kappa shape index (κ2) is 3.81. The van der Waals surface area contributed by atoms with Gasteiger partial charge in [-0.1, -0.05) is 0 Å². The Bertz CT molecular complexity index is 736. The fourth-order valence-electron chi connectivity index (χ4n) is 2.29. The molecular formula is C13H12N2O4. The molecule has 1 saturated carbocycles. The van der Waals surface area contributed by atoms with Crippen LogP contribution in [0.3, 0.4) is 0 Å². The number of benzene rings is 1. The van der Waals surface area contributed by atoms with Gasteiger partial charge >= 0.3 is 11.7 Å². The zero-order valence-electron chi connectivity index (χ0n) is 10.3. The summed E-state index contributed by atoms with van der Waals surface area (Å²) in [6.45, 7) is 0. The van der Waals surface area contributed by atoms with Crippen LogP contribution in [0.15, 0.2) is 23.0 Å². The van der Waals surface area contributed by atoms with Gasteiger partial charge in [-0.3, -0.25) is 9.59 Å². The molecule has 0 saturated heterocycles. The Morgan fingerprint density at radius 1 is 1.21 bits per heavy atom. The molecule has 1 fully saturated rings. The summed E-state index contributed by atoms with van der Waals surface area (Å²) in [6.07, 6.45) is 1.03. The van der Waals surface area contributed by atoms with E-state index in [1.807, 2.05) is 0 Å². The monoisotopic (exact) mass is 260 g/mol. The van der Waals surface area contributed by atoms with Gasteiger partial charge in [0.1, 0.15) is 5.41 Å². The fraction of sp³-hybridized carbons (Fsp3) is 0.308. The Morgan fingerprint density at radius 3 is 2.53 bits per heavy atom. The summed E-state index contributed by atoms with van der Waals surface area (Å²) in [5, 5.41) is 0. The van der Waals surface area contributed by atoms with Gasteiger partial charge in [0.2, 0.25) is 0 Å². The third-order valence-electron chi connectivity index (χ3n) is 3.54. The highest BCUT2D eigenvalue weighted by Crippen LogP contribution is 2.49. The van der Waals surface area contributed by atoms with Crippen LogP contribution in [0.5, 0.6) is 0 Å². The normalized spacial score (nSPS) is 16.3. The molecule has 0 amide bonds. The first kappa shape index (κ1) is 11.7. The van der Waals surface area contributed by atoms with Crippen molar-refractivity contribution in [1.82, 2.24) is 9.97 Å². The fourth-order valence-corrected chi connectivity index (χ4v) is 2.29. The number of nitrogens with one attached hydrogen (secondary N) is 2. The molecule has 6 heteroatoms. The van der Waals surface area contributed by atoms with Crippen molar-refractivity contribution in [1.29, 1.82) is 0 Å². The molecule has 0 aliphatic heterocycles. The smallest absolute Gasteiger partial charge is 0.323 e. The number of aromatic amines is 2. The summed E-state index contributed by atoms with van der Waals surface area (Å²) in [6, 6.07) is 4.84. The number of fused-ring (bicyclic) bond motifs is 1. The molecule has 19 heavy (non-hydrogen) atoms. The quantitative estimate of drug-likeness (QED) is 0.489. The highest BCUT2D eigenvalue weighted by molar-refractivity contribution is 6.15. The Hall–Kier alpha value is -2.37. The Labute approximate surface area is 107 Å². The van der Waals surface area contributed by atoms with E-state index in [0.29, 0.717) is 29.4 Å². The minimum atomic E-state index is -1.01. The molecule has 98 valence electrons. The van der Waals surface area contributed by atoms with Gasteiger partial charge in [-0.2, -0.15) is 0 Å². The van der Waals surface area contributed by atoms with Gasteiger partial charge in [0.25, 0.3) is 0 Å². The van der Waals surface area contributed by atoms with Gasteiger partial charge in [0, 0.05) is 5.56 Å². The van der Waals surface area contributed by atoms with Crippen LogP contribution in [0.25, 0.3) is 11.0 Å². The average Bonchev–Trinajstić information content (AvgIpc) is 3.13. The van der Waals surface area contributed by atoms with E-state index in [9.17, 15) is 14.4 Å². The maximum Gasteiger partial charge on any atom is 0.323 e. The molecule has 1 heterocycles. The lowest BCUT2D eigenvalue weighted by Crippen LogP contribution is -2.27. The number of esters is 1. The van der Waals surface area contributed by atoms with Crippen molar-refractivity contribution >= 4 is 22.8 Å². The van der Waals surface area contributed by atoms with Crippen LogP contribution < -0.4 is 5.69 Å². The summed E-state index contributed by atoms with van der Waals surface area (Å²) in [4.78, 5) is 40.4. The molecule has 2 aromatic rings. The number of methoxy groups -OCH3 is 1. The number of H-pyrrole nitrogens is 2. The standard InChI is InChI=1S/C13H12N2O4/c1-19-11(17)13(4-5-13)10(16)7-2-3-8-9(6-7)15-12(18)14-8/h2-3,6H,4-5H2,1H3,(H2,14,15,18). The number of aromatic nitrogens is 2. The van der Waals surface area contributed by atoms with Gasteiger partial charge in [-0.05, 0) is 31.0 Å². The molecule has 1 aliphatic rings. The van der Waals surface area contributed by atoms with Crippen LogP contribution >= 0.6 is 0 Å². The van der Waals surface area contributed by atoms with E-state index >= 15 is 0 Å². The van der Waals surface area contributed by atoms with Crippen molar-refractivity contribution in [2.75, 3.05) is 7.11 Å². The third-order valence-corrected chi connectivity index (χ3v) is 3.54. The first-order valence-corrected chi connectivity index (χ1v) is 5.92. The molecule has 1 aromatic heterocycles. The van der Waals surface area contributed by atoms with Gasteiger partial charge in [-0.15, -0.1) is 0 Å². The second-order valence-corrected chi connectivity index (χ2v) is 4.74. The summed E-state index contributed by atoms with van der Waals surface area (Å²) >= 11 is 0. The molecule has 1 aromatic carbocycles. The minimum Gasteiger partial charge on any atom is -0.468 e. The zero-order chi connectivity index (χ0) is 13.6. The molecule has 0 unspecified atom stereocenters. The number of hydrogen-bond donors (Lipinski definition) is 2. The van der Waals surface area contributed by atoms with E-state index < -0.39 is 11.4 Å². The lowest BCUT2D eigenvalue weighted by molar-refractivity contribution is -0.145. The van der Waals surface area contributed by atoms with Crippen molar-refractivity contribution in [3.05, 3.63) is 34.2 Å². The van der Waals surface area contributed by atoms with Crippen molar-refractivity contribution in [2.45, 2.75) is 12.8 Å². The number of ketones is 1. The SMILES string of the molecule is COC(=O)C1(C(=O)c2ccc3[nH]c(=O)[nH]c3c2)CC1. The molecule has 0 atom stereocenters. The van der Waals surface area contributed by atoms with E-state index in [0.717, 1.165) is 0 Å². The van der Waals surface area contributed by atoms with E-state index in [1.54, 1.807) is 18.2 Å². The highest BCUT2D eigenvalue weighted by atomic mass is 16.5. The van der Waals surface area contributed by atoms with E-state index in [4.69, 9.17) is 0 Å². The minimum absolute atomic E-state index is 0.247. The first-order valence-electron chi connectivity index (χ1n) is 5.92. The van der Waals surface area contributed by atoms with E-state index in [-0.39, 0.29) is 11.5 Å². The maximum absolute atomic E-state index is 12.4. The summed E-state index contributed by atoms with van der Waals surface area (Å²) < 4.78 is 4.69. The molecular weight excluding hydrogens is 248 g/mol. The van der Waals surface area contributed by atoms with E-state index in [1.165, 1.54) is 7.11 Å². The lowest BCUT2D eigenvalue weighted by atomic mass is 9.94. The number of Topliss-reactive ketones (excluding diaryl/α,β-unsaturated/α-hetero) is 1. The van der Waals surface area contributed by atoms with E-state index in [2.05, 4.69) is 14.7 Å². The van der Waals surface area contributed by atoms with Crippen LogP contribution in [0.2, 0.25) is 0 Å². The van der Waals surface area contributed by atoms with Gasteiger partial charge in [0.05, 0.1) is 18.1 Å². The number of rotatable bonds is 3. The zero-order valence-corrected chi connectivity index (χ0v) is 10.3. The average molecular weight is 260 g/mol. The molecule has 0 spiro atoms. The van der Waals surface area contributed by atoms with Crippen molar-refractivity contribution in [3.8, 4) is 0 Å². The van der Waals surface area contributed by atoms with Crippen LogP contribution in [0, 0.1) is 5.41 Å². The molecule has 0 radical (unpaired) electrons. The van der Waals surface area contributed by atoms with Crippen molar-refractivity contribution in [3.63, 3.8) is 0 Å². The van der Waals surface area contributed by atoms with Crippen LogP contribution in [0.1, 0.15) is 23.2 Å². The second-order valence-electron chi connectivity index (χ2n) is 4.74. The summed E-state index contributed by atoms with van der Waals surface area (Å²) in [7, 11) is 1.28. The Balaban J connectivity index is 2.02. The van der Waals surface area contributed by atoms with Crippen molar-refractivity contribution < 1.29 is 14.3 Å². The highest BCUT2D eigenvalue weighted by Gasteiger charge is 2.57. The van der Waals surface area contributed by atoms with Crippen LogP contribution in [-0.4, -0.2) is 28.8 Å². The summed E-state index contributed by atoms with van der Waals surface area (Å²) in [5.41, 5.74) is 0.249. The molecule has 6 nitrogen and oxygen atoms in total. The predicted molar refractivity (Wildman–Crippen MR) is 66.9 cm³/mol. The predicted octanol–water partition coefficient (Wildman–Crippen LogP) is 0.992. The van der Waals surface area contributed by atoms with Crippen LogP contribution in [0.4, 0.5) is 0 Å². The number of ether oxygens (including phenoxy) is 1. The topological polar surface area (TPSA) is 92.0 Å². The first-order chi connectivity index (χ1) is 9.06. The number of carbonyl (C=O) groups excluding carboxylic acids is 2. The number of hydrogen-bond acceptors (Lipinski definition) is 4.